The first-order valence-electron chi connectivity index (χ1n) is 5.70. The van der Waals surface area contributed by atoms with Crippen molar-refractivity contribution >= 4 is 16.5 Å². The van der Waals surface area contributed by atoms with E-state index in [-0.39, 0.29) is 0 Å². The molecule has 15 heavy (non-hydrogen) atoms. The van der Waals surface area contributed by atoms with Gasteiger partial charge in [-0.15, -0.1) is 11.3 Å². The highest BCUT2D eigenvalue weighted by Gasteiger charge is 2.14. The first-order valence-corrected chi connectivity index (χ1v) is 6.58. The molecule has 1 N–H and O–H groups in total. The first-order chi connectivity index (χ1) is 7.34. The molecule has 0 unspecified atom stereocenters. The van der Waals surface area contributed by atoms with Crippen molar-refractivity contribution in [3.05, 3.63) is 11.6 Å². The zero-order valence-electron chi connectivity index (χ0n) is 9.28. The van der Waals surface area contributed by atoms with Crippen molar-refractivity contribution in [3.8, 4) is 0 Å². The molecule has 1 aliphatic rings. The SMILES string of the molecule is CC1CCN(CCNc2nccs2)CC1. The molecule has 4 heteroatoms. The van der Waals surface area contributed by atoms with Crippen LogP contribution in [-0.4, -0.2) is 36.1 Å². The summed E-state index contributed by atoms with van der Waals surface area (Å²) in [5.74, 6) is 0.924. The molecule has 3 nitrogen and oxygen atoms in total. The Morgan fingerprint density at radius 1 is 1.53 bits per heavy atom. The summed E-state index contributed by atoms with van der Waals surface area (Å²) in [6.07, 6.45) is 4.56. The van der Waals surface area contributed by atoms with Gasteiger partial charge < -0.3 is 10.2 Å². The first kappa shape index (κ1) is 10.9. The molecule has 0 amide bonds. The average molecular weight is 225 g/mol. The third-order valence-electron chi connectivity index (χ3n) is 3.01. The van der Waals surface area contributed by atoms with Gasteiger partial charge in [0.2, 0.25) is 0 Å². The molecule has 1 aromatic rings. The molecule has 2 rings (SSSR count). The van der Waals surface area contributed by atoms with E-state index in [1.807, 2.05) is 11.6 Å². The summed E-state index contributed by atoms with van der Waals surface area (Å²) in [4.78, 5) is 6.74. The molecule has 1 aliphatic heterocycles. The zero-order chi connectivity index (χ0) is 10.5. The summed E-state index contributed by atoms with van der Waals surface area (Å²) in [5.41, 5.74) is 0. The average Bonchev–Trinajstić information content (AvgIpc) is 2.74. The van der Waals surface area contributed by atoms with E-state index in [1.54, 1.807) is 11.3 Å². The Kier molecular flexibility index (Phi) is 3.97. The van der Waals surface area contributed by atoms with Crippen LogP contribution in [0.4, 0.5) is 5.13 Å². The number of nitrogens with one attached hydrogen (secondary N) is 1. The summed E-state index contributed by atoms with van der Waals surface area (Å²) in [6, 6.07) is 0. The molecule has 1 fully saturated rings. The molecule has 0 saturated carbocycles. The maximum absolute atomic E-state index is 4.20. The molecule has 0 bridgehead atoms. The van der Waals surface area contributed by atoms with Crippen LogP contribution in [0.25, 0.3) is 0 Å². The van der Waals surface area contributed by atoms with Gasteiger partial charge in [-0.1, -0.05) is 6.92 Å². The minimum absolute atomic E-state index is 0.924. The van der Waals surface area contributed by atoms with Crippen LogP contribution >= 0.6 is 11.3 Å². The molecule has 1 saturated heterocycles. The molecular weight excluding hydrogens is 206 g/mol. The Hall–Kier alpha value is -0.610. The van der Waals surface area contributed by atoms with Crippen molar-refractivity contribution in [2.24, 2.45) is 5.92 Å². The Labute approximate surface area is 95.5 Å². The molecule has 0 spiro atoms. The number of aromatic nitrogens is 1. The van der Waals surface area contributed by atoms with E-state index in [0.29, 0.717) is 0 Å². The predicted octanol–water partition coefficient (Wildman–Crippen LogP) is 2.29. The second kappa shape index (κ2) is 5.47. The van der Waals surface area contributed by atoms with E-state index >= 15 is 0 Å². The third-order valence-corrected chi connectivity index (χ3v) is 3.74. The highest BCUT2D eigenvalue weighted by molar-refractivity contribution is 7.13. The van der Waals surface area contributed by atoms with E-state index in [9.17, 15) is 0 Å². The monoisotopic (exact) mass is 225 g/mol. The fourth-order valence-corrected chi connectivity index (χ4v) is 2.48. The normalized spacial score (nSPS) is 19.3. The summed E-state index contributed by atoms with van der Waals surface area (Å²) < 4.78 is 0. The smallest absolute Gasteiger partial charge is 0.182 e. The standard InChI is InChI=1S/C11H19N3S/c1-10-2-6-14(7-3-10)8-4-12-11-13-5-9-15-11/h5,9-10H,2-4,6-8H2,1H3,(H,12,13). The predicted molar refractivity (Wildman–Crippen MR) is 65.4 cm³/mol. The van der Waals surface area contributed by atoms with E-state index in [4.69, 9.17) is 0 Å². The highest BCUT2D eigenvalue weighted by atomic mass is 32.1. The Morgan fingerprint density at radius 3 is 3.00 bits per heavy atom. The molecule has 0 atom stereocenters. The van der Waals surface area contributed by atoms with Gasteiger partial charge in [-0.2, -0.15) is 0 Å². The van der Waals surface area contributed by atoms with Crippen molar-refractivity contribution in [2.75, 3.05) is 31.5 Å². The van der Waals surface area contributed by atoms with Crippen LogP contribution in [0.5, 0.6) is 0 Å². The molecule has 0 aliphatic carbocycles. The fraction of sp³-hybridized carbons (Fsp3) is 0.727. The van der Waals surface area contributed by atoms with Crippen LogP contribution in [0.2, 0.25) is 0 Å². The number of hydrogen-bond acceptors (Lipinski definition) is 4. The van der Waals surface area contributed by atoms with Crippen molar-refractivity contribution in [2.45, 2.75) is 19.8 Å². The van der Waals surface area contributed by atoms with Gasteiger partial charge in [-0.05, 0) is 31.8 Å². The lowest BCUT2D eigenvalue weighted by atomic mass is 9.99. The van der Waals surface area contributed by atoms with Gasteiger partial charge in [0.15, 0.2) is 5.13 Å². The van der Waals surface area contributed by atoms with Gasteiger partial charge in [-0.3, -0.25) is 0 Å². The molecule has 2 heterocycles. The zero-order valence-corrected chi connectivity index (χ0v) is 10.1. The van der Waals surface area contributed by atoms with Crippen LogP contribution in [0.15, 0.2) is 11.6 Å². The van der Waals surface area contributed by atoms with Crippen LogP contribution in [0.3, 0.4) is 0 Å². The lowest BCUT2D eigenvalue weighted by Crippen LogP contribution is -2.36. The van der Waals surface area contributed by atoms with E-state index in [1.165, 1.54) is 25.9 Å². The molecular formula is C11H19N3S. The minimum Gasteiger partial charge on any atom is -0.360 e. The van der Waals surface area contributed by atoms with Crippen LogP contribution in [-0.2, 0) is 0 Å². The minimum atomic E-state index is 0.924. The van der Waals surface area contributed by atoms with Gasteiger partial charge in [0.25, 0.3) is 0 Å². The third kappa shape index (κ3) is 3.47. The van der Waals surface area contributed by atoms with Crippen LogP contribution < -0.4 is 5.32 Å². The number of nitrogens with zero attached hydrogens (tertiary/aromatic N) is 2. The lowest BCUT2D eigenvalue weighted by molar-refractivity contribution is 0.199. The second-order valence-corrected chi connectivity index (χ2v) is 5.18. The van der Waals surface area contributed by atoms with Crippen LogP contribution in [0.1, 0.15) is 19.8 Å². The number of piperidine rings is 1. The van der Waals surface area contributed by atoms with Gasteiger partial charge >= 0.3 is 0 Å². The highest BCUT2D eigenvalue weighted by Crippen LogP contribution is 2.15. The van der Waals surface area contributed by atoms with Crippen molar-refractivity contribution in [3.63, 3.8) is 0 Å². The Morgan fingerprint density at radius 2 is 2.33 bits per heavy atom. The molecule has 0 radical (unpaired) electrons. The number of thiazole rings is 1. The summed E-state index contributed by atoms with van der Waals surface area (Å²) in [5, 5.41) is 6.40. The Bertz CT molecular complexity index is 265. The molecule has 1 aromatic heterocycles. The number of rotatable bonds is 4. The van der Waals surface area contributed by atoms with Crippen molar-refractivity contribution in [1.82, 2.24) is 9.88 Å². The van der Waals surface area contributed by atoms with E-state index < -0.39 is 0 Å². The van der Waals surface area contributed by atoms with Crippen molar-refractivity contribution < 1.29 is 0 Å². The van der Waals surface area contributed by atoms with Crippen LogP contribution in [0, 0.1) is 5.92 Å². The van der Waals surface area contributed by atoms with Crippen molar-refractivity contribution in [1.29, 1.82) is 0 Å². The molecule has 84 valence electrons. The number of hydrogen-bond donors (Lipinski definition) is 1. The van der Waals surface area contributed by atoms with E-state index in [0.717, 1.165) is 24.1 Å². The lowest BCUT2D eigenvalue weighted by Gasteiger charge is -2.30. The number of anilines is 1. The fourth-order valence-electron chi connectivity index (χ4n) is 1.92. The Balaban J connectivity index is 1.62. The topological polar surface area (TPSA) is 28.2 Å². The van der Waals surface area contributed by atoms with Gasteiger partial charge in [0.05, 0.1) is 0 Å². The molecule has 0 aromatic carbocycles. The summed E-state index contributed by atoms with van der Waals surface area (Å²) >= 11 is 1.67. The quantitative estimate of drug-likeness (QED) is 0.852. The van der Waals surface area contributed by atoms with Gasteiger partial charge in [0, 0.05) is 24.7 Å². The van der Waals surface area contributed by atoms with E-state index in [2.05, 4.69) is 22.1 Å². The maximum atomic E-state index is 4.20. The summed E-state index contributed by atoms with van der Waals surface area (Å²) in [6.45, 7) is 7.04. The van der Waals surface area contributed by atoms with Gasteiger partial charge in [0.1, 0.15) is 0 Å². The largest absolute Gasteiger partial charge is 0.360 e. The van der Waals surface area contributed by atoms with Gasteiger partial charge in [-0.25, -0.2) is 4.98 Å². The second-order valence-electron chi connectivity index (χ2n) is 4.29. The summed E-state index contributed by atoms with van der Waals surface area (Å²) in [7, 11) is 0. The number of likely N-dealkylation sites (tertiary alicyclic amines) is 1. The maximum Gasteiger partial charge on any atom is 0.182 e.